The van der Waals surface area contributed by atoms with Crippen molar-refractivity contribution in [2.24, 2.45) is 5.92 Å². The average Bonchev–Trinajstić information content (AvgIpc) is 3.04. The smallest absolute Gasteiger partial charge is 0.193 e. The van der Waals surface area contributed by atoms with Crippen molar-refractivity contribution in [3.63, 3.8) is 0 Å². The molecule has 0 spiro atoms. The molecule has 7 atom stereocenters. The monoisotopic (exact) mass is 843 g/mol. The largest absolute Gasteiger partial charge is 0.410 e. The zero-order valence-corrected chi connectivity index (χ0v) is 42.6. The summed E-state index contributed by atoms with van der Waals surface area (Å²) in [4.78, 5) is 0. The predicted octanol–water partition coefficient (Wildman–Crippen LogP) is 12.9. The highest BCUT2D eigenvalue weighted by Crippen LogP contribution is 2.40. The van der Waals surface area contributed by atoms with E-state index in [0.29, 0.717) is 32.0 Å². The van der Waals surface area contributed by atoms with Gasteiger partial charge in [0.05, 0.1) is 49.8 Å². The van der Waals surface area contributed by atoms with Gasteiger partial charge in [0.1, 0.15) is 0 Å². The summed E-state index contributed by atoms with van der Waals surface area (Å²) in [5.41, 5.74) is 2.52. The molecule has 6 nitrogen and oxygen atoms in total. The number of hydrogen-bond donors (Lipinski definition) is 1. The number of hydrogen-bond acceptors (Lipinski definition) is 6. The first-order valence-corrected chi connectivity index (χ1v) is 30.5. The molecule has 2 heterocycles. The summed E-state index contributed by atoms with van der Waals surface area (Å²) in [5.74, 6) is 6.97. The van der Waals surface area contributed by atoms with Crippen LogP contribution in [-0.4, -0.2) is 79.9 Å². The molecule has 326 valence electrons. The van der Waals surface area contributed by atoms with Crippen LogP contribution in [0.4, 0.5) is 0 Å². The highest BCUT2D eigenvalue weighted by molar-refractivity contribution is 6.75. The van der Waals surface area contributed by atoms with E-state index in [9.17, 15) is 5.11 Å². The third-order valence-electron chi connectivity index (χ3n) is 13.0. The summed E-state index contributed by atoms with van der Waals surface area (Å²) in [6, 6.07) is 0. The van der Waals surface area contributed by atoms with Gasteiger partial charge in [0.15, 0.2) is 25.0 Å². The minimum atomic E-state index is -2.16. The van der Waals surface area contributed by atoms with Crippen LogP contribution in [-0.2, 0) is 22.8 Å². The van der Waals surface area contributed by atoms with Gasteiger partial charge >= 0.3 is 0 Å². The highest BCUT2D eigenvalue weighted by Gasteiger charge is 2.41. The Labute approximate surface area is 354 Å². The summed E-state index contributed by atoms with van der Waals surface area (Å²) >= 11 is 0. The number of ether oxygens (including phenoxy) is 2. The van der Waals surface area contributed by atoms with Crippen LogP contribution in [0.25, 0.3) is 0 Å². The second-order valence-electron chi connectivity index (χ2n) is 21.6. The Kier molecular flexibility index (Phi) is 20.0. The lowest BCUT2D eigenvalue weighted by molar-refractivity contribution is -0.00335. The molecule has 0 aromatic heterocycles. The van der Waals surface area contributed by atoms with E-state index in [4.69, 9.17) is 22.8 Å². The van der Waals surface area contributed by atoms with Gasteiger partial charge in [-0.15, -0.1) is 0 Å². The van der Waals surface area contributed by atoms with Gasteiger partial charge in [0, 0.05) is 6.42 Å². The van der Waals surface area contributed by atoms with Crippen molar-refractivity contribution in [2.45, 2.75) is 212 Å². The molecule has 0 saturated carbocycles. The van der Waals surface area contributed by atoms with Crippen LogP contribution in [0.15, 0.2) is 60.3 Å². The van der Waals surface area contributed by atoms with Crippen molar-refractivity contribution < 1.29 is 27.9 Å². The van der Waals surface area contributed by atoms with Gasteiger partial charge in [0.25, 0.3) is 0 Å². The standard InChI is InChI=1S/C48H86O6Si3/c1-37-30-32-50-41(34-37)28-29-45(54-57(17,18)48(10,11)12)44(49)27-22-26-43(53-56(15,16)47(7,8)9)36-39(3)33-38(2)35-42-25-21-24-40(52-42)23-19-20-31-51-55(13,14)46(4,5)6/h21-22,24,26,28-30,38,40-45,49H,3,23,25,27,31-36H2,1-2,4-18H3/b26-22+,29-28+/t38-,40+,41+,42-,43?,44+,45+/m0/s1. The molecule has 2 aliphatic heterocycles. The Bertz CT molecular complexity index is 1440. The molecule has 0 amide bonds. The van der Waals surface area contributed by atoms with Crippen LogP contribution in [0.5, 0.6) is 0 Å². The molecule has 0 aliphatic carbocycles. The third kappa shape index (κ3) is 18.0. The van der Waals surface area contributed by atoms with Gasteiger partial charge < -0.3 is 27.9 Å². The Morgan fingerprint density at radius 3 is 2.12 bits per heavy atom. The van der Waals surface area contributed by atoms with Crippen LogP contribution in [0.2, 0.25) is 54.4 Å². The number of rotatable bonds is 19. The Morgan fingerprint density at radius 1 is 0.912 bits per heavy atom. The first-order valence-electron chi connectivity index (χ1n) is 21.8. The fourth-order valence-corrected chi connectivity index (χ4v) is 9.56. The fourth-order valence-electron chi connectivity index (χ4n) is 6.15. The first kappa shape index (κ1) is 51.8. The van der Waals surface area contributed by atoms with E-state index >= 15 is 0 Å². The van der Waals surface area contributed by atoms with Crippen molar-refractivity contribution >= 4 is 25.0 Å². The summed E-state index contributed by atoms with van der Waals surface area (Å²) in [6.07, 6.45) is 19.5. The molecule has 2 aliphatic rings. The molecule has 1 N–H and O–H groups in total. The maximum Gasteiger partial charge on any atom is 0.193 e. The number of aliphatic hydroxyl groups excluding tert-OH is 1. The Hall–Kier alpha value is -1.33. The predicted molar refractivity (Wildman–Crippen MR) is 251 cm³/mol. The summed E-state index contributed by atoms with van der Waals surface area (Å²) in [5, 5.41) is 11.9. The van der Waals surface area contributed by atoms with Crippen molar-refractivity contribution in [3.8, 4) is 11.8 Å². The zero-order chi connectivity index (χ0) is 43.5. The third-order valence-corrected chi connectivity index (χ3v) is 26.5. The van der Waals surface area contributed by atoms with E-state index < -0.39 is 37.2 Å². The molecule has 0 bridgehead atoms. The first-order chi connectivity index (χ1) is 26.0. The molecular formula is C48H86O6Si3. The molecular weight excluding hydrogens is 757 g/mol. The Morgan fingerprint density at radius 2 is 1.53 bits per heavy atom. The Balaban J connectivity index is 2.08. The van der Waals surface area contributed by atoms with Gasteiger partial charge in [-0.3, -0.25) is 0 Å². The van der Waals surface area contributed by atoms with Gasteiger partial charge in [-0.05, 0) is 106 Å². The second-order valence-corrected chi connectivity index (χ2v) is 35.9. The molecule has 0 aromatic carbocycles. The fraction of sp³-hybridized carbons (Fsp3) is 0.750. The normalized spacial score (nSPS) is 22.6. The summed E-state index contributed by atoms with van der Waals surface area (Å²) in [6.45, 7) is 44.1. The highest BCUT2D eigenvalue weighted by atomic mass is 28.4. The molecule has 57 heavy (non-hydrogen) atoms. The van der Waals surface area contributed by atoms with Crippen LogP contribution < -0.4 is 0 Å². The van der Waals surface area contributed by atoms with Crippen LogP contribution in [0.3, 0.4) is 0 Å². The molecule has 0 saturated heterocycles. The SMILES string of the molecule is C=C(CC(/C=C/C[C@@H](O)[C@@H](/C=C/[C@@H]1CC(C)=CCO1)O[Si](C)(C)C(C)(C)C)O[Si](C)(C)C(C)(C)C)C[C@H](C)C[C@@H]1CC=C[C@@H](CC#CCO[Si](C)(C)C(C)(C)C)O1. The van der Waals surface area contributed by atoms with Crippen molar-refractivity contribution in [1.82, 2.24) is 0 Å². The van der Waals surface area contributed by atoms with E-state index in [0.717, 1.165) is 32.1 Å². The maximum absolute atomic E-state index is 11.7. The topological polar surface area (TPSA) is 66.4 Å². The van der Waals surface area contributed by atoms with Crippen molar-refractivity contribution in [2.75, 3.05) is 13.2 Å². The summed E-state index contributed by atoms with van der Waals surface area (Å²) in [7, 11) is -6.05. The molecule has 2 rings (SSSR count). The lowest BCUT2D eigenvalue weighted by Gasteiger charge is -2.40. The molecule has 9 heteroatoms. The molecule has 0 fully saturated rings. The van der Waals surface area contributed by atoms with E-state index in [1.807, 2.05) is 6.08 Å². The van der Waals surface area contributed by atoms with Crippen molar-refractivity contribution in [3.05, 3.63) is 60.3 Å². The molecule has 0 radical (unpaired) electrons. The van der Waals surface area contributed by atoms with Crippen LogP contribution >= 0.6 is 0 Å². The van der Waals surface area contributed by atoms with E-state index in [2.05, 4.69) is 170 Å². The van der Waals surface area contributed by atoms with Gasteiger partial charge in [0.2, 0.25) is 0 Å². The minimum Gasteiger partial charge on any atom is -0.410 e. The second kappa shape index (κ2) is 22.0. The van der Waals surface area contributed by atoms with E-state index in [1.54, 1.807) is 0 Å². The van der Waals surface area contributed by atoms with Gasteiger partial charge in [-0.1, -0.05) is 141 Å². The van der Waals surface area contributed by atoms with Gasteiger partial charge in [-0.25, -0.2) is 0 Å². The lowest BCUT2D eigenvalue weighted by atomic mass is 9.91. The van der Waals surface area contributed by atoms with E-state index in [-0.39, 0.29) is 39.5 Å². The average molecular weight is 843 g/mol. The van der Waals surface area contributed by atoms with Crippen LogP contribution in [0.1, 0.15) is 121 Å². The lowest BCUT2D eigenvalue weighted by Crippen LogP contribution is -2.46. The molecule has 1 unspecified atom stereocenters. The number of aliphatic hydroxyl groups is 1. The van der Waals surface area contributed by atoms with Crippen LogP contribution in [0, 0.1) is 17.8 Å². The summed E-state index contributed by atoms with van der Waals surface area (Å²) < 4.78 is 32.5. The maximum atomic E-state index is 11.7. The molecule has 0 aromatic rings. The minimum absolute atomic E-state index is 0.00106. The van der Waals surface area contributed by atoms with E-state index in [1.165, 1.54) is 11.1 Å². The van der Waals surface area contributed by atoms with Gasteiger partial charge in [-0.2, -0.15) is 0 Å². The zero-order valence-electron chi connectivity index (χ0n) is 39.6. The quantitative estimate of drug-likeness (QED) is 0.0794. The van der Waals surface area contributed by atoms with Crippen molar-refractivity contribution in [1.29, 1.82) is 0 Å².